The van der Waals surface area contributed by atoms with Crippen molar-refractivity contribution in [1.82, 2.24) is 0 Å². The fourth-order valence-corrected chi connectivity index (χ4v) is 1.76. The third-order valence-corrected chi connectivity index (χ3v) is 2.71. The van der Waals surface area contributed by atoms with Crippen molar-refractivity contribution >= 4 is 17.4 Å². The van der Waals surface area contributed by atoms with E-state index in [1.807, 2.05) is 25.1 Å². The summed E-state index contributed by atoms with van der Waals surface area (Å²) in [5.41, 5.74) is 1.76. The number of nitriles is 1. The summed E-state index contributed by atoms with van der Waals surface area (Å²) in [6, 6.07) is 15.5. The number of hydrogen-bond acceptors (Lipinski definition) is 3. The number of rotatable bonds is 4. The highest BCUT2D eigenvalue weighted by atomic mass is 16.5. The SMILES string of the molecule is CCOc1ccccc1NC(=O)Nc1ccc(C#N)cc1. The van der Waals surface area contributed by atoms with Gasteiger partial charge in [0.2, 0.25) is 0 Å². The van der Waals surface area contributed by atoms with E-state index in [1.54, 1.807) is 36.4 Å². The minimum atomic E-state index is -0.369. The molecule has 0 bridgehead atoms. The first-order chi connectivity index (χ1) is 10.2. The Hall–Kier alpha value is -3.00. The van der Waals surface area contributed by atoms with Crippen molar-refractivity contribution in [2.75, 3.05) is 17.2 Å². The lowest BCUT2D eigenvalue weighted by molar-refractivity contribution is 0.262. The Kier molecular flexibility index (Phi) is 4.78. The van der Waals surface area contributed by atoms with Crippen LogP contribution >= 0.6 is 0 Å². The first-order valence-electron chi connectivity index (χ1n) is 6.53. The van der Waals surface area contributed by atoms with Gasteiger partial charge in [0, 0.05) is 5.69 Å². The van der Waals surface area contributed by atoms with Gasteiger partial charge in [-0.1, -0.05) is 12.1 Å². The molecule has 2 aromatic carbocycles. The maximum Gasteiger partial charge on any atom is 0.323 e. The van der Waals surface area contributed by atoms with Crippen LogP contribution in [0.2, 0.25) is 0 Å². The molecular weight excluding hydrogens is 266 g/mol. The Morgan fingerprint density at radius 3 is 2.52 bits per heavy atom. The Bertz CT molecular complexity index is 660. The number of para-hydroxylation sites is 2. The molecule has 0 fully saturated rings. The fourth-order valence-electron chi connectivity index (χ4n) is 1.76. The number of ether oxygens (including phenoxy) is 1. The van der Waals surface area contributed by atoms with Crippen LogP contribution in [0.4, 0.5) is 16.2 Å². The molecule has 0 saturated heterocycles. The van der Waals surface area contributed by atoms with Crippen molar-refractivity contribution in [3.63, 3.8) is 0 Å². The molecule has 0 saturated carbocycles. The second kappa shape index (κ2) is 6.96. The molecule has 5 heteroatoms. The van der Waals surface area contributed by atoms with E-state index < -0.39 is 0 Å². The molecule has 0 radical (unpaired) electrons. The second-order valence-corrected chi connectivity index (χ2v) is 4.20. The smallest absolute Gasteiger partial charge is 0.323 e. The van der Waals surface area contributed by atoms with Gasteiger partial charge >= 0.3 is 6.03 Å². The molecule has 0 aliphatic rings. The summed E-state index contributed by atoms with van der Waals surface area (Å²) >= 11 is 0. The molecule has 0 aliphatic heterocycles. The van der Waals surface area contributed by atoms with Crippen LogP contribution in [0.1, 0.15) is 12.5 Å². The van der Waals surface area contributed by atoms with Gasteiger partial charge in [-0.2, -0.15) is 5.26 Å². The van der Waals surface area contributed by atoms with Crippen LogP contribution in [0.15, 0.2) is 48.5 Å². The number of nitrogens with zero attached hydrogens (tertiary/aromatic N) is 1. The van der Waals surface area contributed by atoms with E-state index in [0.29, 0.717) is 29.3 Å². The number of hydrogen-bond donors (Lipinski definition) is 2. The lowest BCUT2D eigenvalue weighted by Gasteiger charge is -2.12. The summed E-state index contributed by atoms with van der Waals surface area (Å²) in [6.45, 7) is 2.41. The first-order valence-corrected chi connectivity index (χ1v) is 6.53. The van der Waals surface area contributed by atoms with E-state index in [9.17, 15) is 4.79 Å². The minimum Gasteiger partial charge on any atom is -0.492 e. The van der Waals surface area contributed by atoms with Gasteiger partial charge in [0.05, 0.1) is 23.9 Å². The van der Waals surface area contributed by atoms with E-state index in [0.717, 1.165) is 0 Å². The van der Waals surface area contributed by atoms with Gasteiger partial charge in [-0.25, -0.2) is 4.79 Å². The molecule has 2 N–H and O–H groups in total. The third kappa shape index (κ3) is 3.98. The summed E-state index contributed by atoms with van der Waals surface area (Å²) in [5, 5.41) is 14.2. The molecule has 0 aliphatic carbocycles. The molecular formula is C16H15N3O2. The van der Waals surface area contributed by atoms with Gasteiger partial charge in [0.25, 0.3) is 0 Å². The first kappa shape index (κ1) is 14.4. The lowest BCUT2D eigenvalue weighted by Crippen LogP contribution is -2.19. The zero-order chi connectivity index (χ0) is 15.1. The Morgan fingerprint density at radius 2 is 1.86 bits per heavy atom. The summed E-state index contributed by atoms with van der Waals surface area (Å²) in [7, 11) is 0. The number of carbonyl (C=O) groups excluding carboxylic acids is 1. The topological polar surface area (TPSA) is 74.2 Å². The van der Waals surface area contributed by atoms with Gasteiger partial charge in [-0.15, -0.1) is 0 Å². The van der Waals surface area contributed by atoms with Crippen molar-refractivity contribution in [2.24, 2.45) is 0 Å². The van der Waals surface area contributed by atoms with E-state index >= 15 is 0 Å². The lowest BCUT2D eigenvalue weighted by atomic mass is 10.2. The second-order valence-electron chi connectivity index (χ2n) is 4.20. The van der Waals surface area contributed by atoms with Gasteiger partial charge in [-0.05, 0) is 43.3 Å². The number of nitrogens with one attached hydrogen (secondary N) is 2. The van der Waals surface area contributed by atoms with Gasteiger partial charge in [0.1, 0.15) is 5.75 Å². The predicted molar refractivity (Wildman–Crippen MR) is 81.4 cm³/mol. The largest absolute Gasteiger partial charge is 0.492 e. The summed E-state index contributed by atoms with van der Waals surface area (Å²) in [6.07, 6.45) is 0. The normalized spacial score (nSPS) is 9.52. The highest BCUT2D eigenvalue weighted by Gasteiger charge is 2.07. The van der Waals surface area contributed by atoms with Crippen LogP contribution in [0.25, 0.3) is 0 Å². The third-order valence-electron chi connectivity index (χ3n) is 2.71. The minimum absolute atomic E-state index is 0.369. The molecule has 0 spiro atoms. The molecule has 2 rings (SSSR count). The van der Waals surface area contributed by atoms with Crippen LogP contribution in [0.3, 0.4) is 0 Å². The molecule has 5 nitrogen and oxygen atoms in total. The number of carbonyl (C=O) groups is 1. The fraction of sp³-hybridized carbons (Fsp3) is 0.125. The van der Waals surface area contributed by atoms with Crippen LogP contribution in [-0.2, 0) is 0 Å². The standard InChI is InChI=1S/C16H15N3O2/c1-2-21-15-6-4-3-5-14(15)19-16(20)18-13-9-7-12(11-17)8-10-13/h3-10H,2H2,1H3,(H2,18,19,20). The molecule has 0 heterocycles. The van der Waals surface area contributed by atoms with Gasteiger partial charge in [0.15, 0.2) is 0 Å². The molecule has 0 atom stereocenters. The zero-order valence-electron chi connectivity index (χ0n) is 11.6. The van der Waals surface area contributed by atoms with Crippen LogP contribution < -0.4 is 15.4 Å². The van der Waals surface area contributed by atoms with Crippen molar-refractivity contribution < 1.29 is 9.53 Å². The zero-order valence-corrected chi connectivity index (χ0v) is 11.6. The van der Waals surface area contributed by atoms with Crippen molar-refractivity contribution in [3.05, 3.63) is 54.1 Å². The molecule has 106 valence electrons. The maximum absolute atomic E-state index is 12.0. The van der Waals surface area contributed by atoms with Gasteiger partial charge in [-0.3, -0.25) is 0 Å². The summed E-state index contributed by atoms with van der Waals surface area (Å²) in [5.74, 6) is 0.620. The van der Waals surface area contributed by atoms with Crippen molar-refractivity contribution in [3.8, 4) is 11.8 Å². The number of anilines is 2. The Labute approximate surface area is 123 Å². The average molecular weight is 281 g/mol. The Morgan fingerprint density at radius 1 is 1.14 bits per heavy atom. The van der Waals surface area contributed by atoms with Crippen molar-refractivity contribution in [2.45, 2.75) is 6.92 Å². The monoisotopic (exact) mass is 281 g/mol. The average Bonchev–Trinajstić information content (AvgIpc) is 2.50. The van der Waals surface area contributed by atoms with Crippen LogP contribution in [0.5, 0.6) is 5.75 Å². The highest BCUT2D eigenvalue weighted by Crippen LogP contribution is 2.23. The van der Waals surface area contributed by atoms with Gasteiger partial charge < -0.3 is 15.4 Å². The molecule has 2 aromatic rings. The van der Waals surface area contributed by atoms with E-state index in [-0.39, 0.29) is 6.03 Å². The number of amides is 2. The number of benzene rings is 2. The van der Waals surface area contributed by atoms with E-state index in [1.165, 1.54) is 0 Å². The molecule has 21 heavy (non-hydrogen) atoms. The summed E-state index contributed by atoms with van der Waals surface area (Å²) < 4.78 is 5.44. The maximum atomic E-state index is 12.0. The van der Waals surface area contributed by atoms with E-state index in [2.05, 4.69) is 10.6 Å². The molecule has 0 unspecified atom stereocenters. The number of urea groups is 1. The molecule has 2 amide bonds. The van der Waals surface area contributed by atoms with Crippen LogP contribution in [0, 0.1) is 11.3 Å². The quantitative estimate of drug-likeness (QED) is 0.899. The predicted octanol–water partition coefficient (Wildman–Crippen LogP) is 3.60. The van der Waals surface area contributed by atoms with E-state index in [4.69, 9.17) is 10.00 Å². The Balaban J connectivity index is 2.03. The van der Waals surface area contributed by atoms with Crippen LogP contribution in [-0.4, -0.2) is 12.6 Å². The molecule has 0 aromatic heterocycles. The highest BCUT2D eigenvalue weighted by molar-refractivity contribution is 6.00. The summed E-state index contributed by atoms with van der Waals surface area (Å²) in [4.78, 5) is 12.0. The van der Waals surface area contributed by atoms with Crippen molar-refractivity contribution in [1.29, 1.82) is 5.26 Å².